The van der Waals surface area contributed by atoms with Crippen molar-refractivity contribution in [2.75, 3.05) is 86.7 Å². The van der Waals surface area contributed by atoms with Gasteiger partial charge >= 0.3 is 0 Å². The number of halogens is 2. The lowest BCUT2D eigenvalue weighted by molar-refractivity contribution is -1.10. The Kier molecular flexibility index (Phi) is 7.16. The highest BCUT2D eigenvalue weighted by molar-refractivity contribution is 5.54. The van der Waals surface area contributed by atoms with Crippen molar-refractivity contribution in [1.82, 2.24) is 0 Å². The number of piperazine rings is 3. The van der Waals surface area contributed by atoms with E-state index in [0.29, 0.717) is 0 Å². The largest absolute Gasteiger partial charge is 1.00 e. The van der Waals surface area contributed by atoms with Gasteiger partial charge in [-0.2, -0.15) is 0 Å². The summed E-state index contributed by atoms with van der Waals surface area (Å²) in [6, 6.07) is 18.5. The van der Waals surface area contributed by atoms with E-state index in [2.05, 4.69) is 34.1 Å². The Balaban J connectivity index is 0.00000137. The molecule has 0 amide bonds. The Bertz CT molecular complexity index is 862. The number of rotatable bonds is 4. The first-order valence-corrected chi connectivity index (χ1v) is 12.5. The van der Waals surface area contributed by atoms with Gasteiger partial charge in [0.05, 0.1) is 13.1 Å². The number of nitrogens with two attached hydrogens (primary N) is 2. The van der Waals surface area contributed by atoms with Crippen molar-refractivity contribution in [2.45, 2.75) is 24.9 Å². The van der Waals surface area contributed by atoms with Gasteiger partial charge in [0.25, 0.3) is 0 Å². The number of quaternary nitrogens is 2. The third kappa shape index (κ3) is 4.30. The van der Waals surface area contributed by atoms with E-state index in [0.717, 1.165) is 23.5 Å². The van der Waals surface area contributed by atoms with E-state index in [1.165, 1.54) is 98.6 Å². The molecule has 8 heteroatoms. The number of benzene rings is 2. The first-order chi connectivity index (χ1) is 15.6. The second-order valence-corrected chi connectivity index (χ2v) is 10.7. The van der Waals surface area contributed by atoms with Gasteiger partial charge in [0.1, 0.15) is 51.4 Å². The van der Waals surface area contributed by atoms with Crippen molar-refractivity contribution >= 4 is 22.7 Å². The fourth-order valence-corrected chi connectivity index (χ4v) is 7.18. The Morgan fingerprint density at radius 3 is 1.21 bits per heavy atom. The molecular formula is C26H38Cl2N6. The fraction of sp³-hybridized carbons (Fsp3) is 0.538. The van der Waals surface area contributed by atoms with E-state index >= 15 is 0 Å². The minimum atomic E-state index is 0. The molecule has 5 saturated heterocycles. The molecular weight excluding hydrogens is 467 g/mol. The third-order valence-corrected chi connectivity index (χ3v) is 9.36. The quantitative estimate of drug-likeness (QED) is 0.333. The molecule has 0 aliphatic carbocycles. The highest BCUT2D eigenvalue weighted by Gasteiger charge is 2.56. The molecule has 2 unspecified atom stereocenters. The maximum atomic E-state index is 5.90. The molecule has 5 heterocycles. The summed E-state index contributed by atoms with van der Waals surface area (Å²) in [5.41, 5.74) is 16.2. The summed E-state index contributed by atoms with van der Waals surface area (Å²) in [6.07, 6.45) is 2.66. The van der Waals surface area contributed by atoms with Gasteiger partial charge < -0.3 is 55.0 Å². The Hall–Kier alpha value is -1.86. The van der Waals surface area contributed by atoms with Gasteiger partial charge in [-0.15, -0.1) is 0 Å². The van der Waals surface area contributed by atoms with Crippen molar-refractivity contribution < 1.29 is 33.8 Å². The Labute approximate surface area is 216 Å². The standard InChI is InChI=1S/C26H38N6.2ClH/c27-21-1-5-23(6-2-21)29-11-9-25(19-29)31-13-16-32(17-14-31,18-15-31)26-10-12-30(20-26)24-7-3-22(28)4-8-24;;/h1-8,25-26H,9-20,27-28H2;2*1H/q+2;;/p-2. The number of hydrogen-bond acceptors (Lipinski definition) is 4. The molecule has 5 aliphatic heterocycles. The number of nitrogens with zero attached hydrogens (tertiary/aromatic N) is 4. The van der Waals surface area contributed by atoms with Gasteiger partial charge in [0, 0.05) is 48.7 Å². The topological polar surface area (TPSA) is 58.5 Å². The van der Waals surface area contributed by atoms with Crippen LogP contribution in [0.25, 0.3) is 0 Å². The van der Waals surface area contributed by atoms with Gasteiger partial charge in [-0.1, -0.05) is 0 Å². The summed E-state index contributed by atoms with van der Waals surface area (Å²) < 4.78 is 2.75. The third-order valence-electron chi connectivity index (χ3n) is 9.36. The molecule has 4 N–H and O–H groups in total. The molecule has 0 radical (unpaired) electrons. The van der Waals surface area contributed by atoms with Crippen LogP contribution < -0.4 is 46.1 Å². The summed E-state index contributed by atoms with van der Waals surface area (Å²) in [7, 11) is 0. The van der Waals surface area contributed by atoms with Crippen LogP contribution in [0.1, 0.15) is 12.8 Å². The molecule has 0 saturated carbocycles. The van der Waals surface area contributed by atoms with E-state index in [1.54, 1.807) is 0 Å². The van der Waals surface area contributed by atoms with Gasteiger partial charge in [-0.3, -0.25) is 0 Å². The minimum Gasteiger partial charge on any atom is -1.00 e. The van der Waals surface area contributed by atoms with Crippen LogP contribution in [0.3, 0.4) is 0 Å². The summed E-state index contributed by atoms with van der Waals surface area (Å²) in [4.78, 5) is 5.17. The van der Waals surface area contributed by atoms with E-state index in [4.69, 9.17) is 11.5 Å². The Morgan fingerprint density at radius 1 is 0.559 bits per heavy atom. The normalized spacial score (nSPS) is 32.4. The zero-order valence-electron chi connectivity index (χ0n) is 20.0. The predicted molar refractivity (Wildman–Crippen MR) is 133 cm³/mol. The highest BCUT2D eigenvalue weighted by atomic mass is 35.5. The van der Waals surface area contributed by atoms with E-state index < -0.39 is 0 Å². The molecule has 0 aromatic heterocycles. The SMILES string of the molecule is Nc1ccc(N2CCC([N+]34CC[N+](C5CCN(c6ccc(N)cc6)C5)(CC3)CC4)C2)cc1.[Cl-].[Cl-]. The summed E-state index contributed by atoms with van der Waals surface area (Å²) >= 11 is 0. The number of fused-ring (bicyclic) bond motifs is 3. The predicted octanol–water partition coefficient (Wildman–Crippen LogP) is -3.62. The van der Waals surface area contributed by atoms with Crippen LogP contribution in [-0.2, 0) is 0 Å². The van der Waals surface area contributed by atoms with Crippen molar-refractivity contribution in [3.05, 3.63) is 48.5 Å². The van der Waals surface area contributed by atoms with Crippen molar-refractivity contribution in [1.29, 1.82) is 0 Å². The maximum Gasteiger partial charge on any atom is 0.129 e. The smallest absolute Gasteiger partial charge is 0.129 e. The summed E-state index contributed by atoms with van der Waals surface area (Å²) in [5, 5.41) is 0. The highest BCUT2D eigenvalue weighted by Crippen LogP contribution is 2.38. The van der Waals surface area contributed by atoms with Crippen LogP contribution in [0.5, 0.6) is 0 Å². The minimum absolute atomic E-state index is 0. The summed E-state index contributed by atoms with van der Waals surface area (Å²) in [5.74, 6) is 0. The van der Waals surface area contributed by atoms with Gasteiger partial charge in [0.2, 0.25) is 0 Å². The van der Waals surface area contributed by atoms with Crippen LogP contribution in [0.15, 0.2) is 48.5 Å². The average Bonchev–Trinajstić information content (AvgIpc) is 3.53. The molecule has 186 valence electrons. The van der Waals surface area contributed by atoms with Gasteiger partial charge in [-0.05, 0) is 48.5 Å². The number of anilines is 4. The first kappa shape index (κ1) is 25.2. The number of hydrogen-bond donors (Lipinski definition) is 2. The van der Waals surface area contributed by atoms with Crippen molar-refractivity contribution in [3.8, 4) is 0 Å². The van der Waals surface area contributed by atoms with Crippen LogP contribution >= 0.6 is 0 Å². The van der Waals surface area contributed by atoms with Crippen LogP contribution in [0.2, 0.25) is 0 Å². The van der Waals surface area contributed by atoms with Crippen LogP contribution in [-0.4, -0.2) is 86.5 Å². The molecule has 2 bridgehead atoms. The zero-order chi connectivity index (χ0) is 21.8. The monoisotopic (exact) mass is 504 g/mol. The van der Waals surface area contributed by atoms with Gasteiger partial charge in [-0.25, -0.2) is 0 Å². The zero-order valence-corrected chi connectivity index (χ0v) is 21.5. The molecule has 34 heavy (non-hydrogen) atoms. The molecule has 2 aromatic carbocycles. The lowest BCUT2D eigenvalue weighted by Gasteiger charge is -2.59. The summed E-state index contributed by atoms with van der Waals surface area (Å²) in [6.45, 7) is 13.0. The second kappa shape index (κ2) is 9.65. The van der Waals surface area contributed by atoms with Crippen LogP contribution in [0.4, 0.5) is 22.7 Å². The molecule has 2 atom stereocenters. The lowest BCUT2D eigenvalue weighted by Crippen LogP contribution is -3.00. The molecule has 5 fully saturated rings. The fourth-order valence-electron chi connectivity index (χ4n) is 7.18. The molecule has 5 aliphatic rings. The Morgan fingerprint density at radius 2 is 0.882 bits per heavy atom. The van der Waals surface area contributed by atoms with Gasteiger partial charge in [0.15, 0.2) is 0 Å². The number of nitrogen functional groups attached to an aromatic ring is 2. The van der Waals surface area contributed by atoms with Crippen molar-refractivity contribution in [2.24, 2.45) is 0 Å². The van der Waals surface area contributed by atoms with E-state index in [-0.39, 0.29) is 24.8 Å². The van der Waals surface area contributed by atoms with E-state index in [1.807, 2.05) is 24.3 Å². The maximum absolute atomic E-state index is 5.90. The molecule has 7 rings (SSSR count). The average molecular weight is 506 g/mol. The lowest BCUT2D eigenvalue weighted by atomic mass is 9.98. The van der Waals surface area contributed by atoms with E-state index in [9.17, 15) is 0 Å². The molecule has 6 nitrogen and oxygen atoms in total. The van der Waals surface area contributed by atoms with Crippen molar-refractivity contribution in [3.63, 3.8) is 0 Å². The second-order valence-electron chi connectivity index (χ2n) is 10.7. The molecule has 2 aromatic rings. The first-order valence-electron chi connectivity index (χ1n) is 12.5. The van der Waals surface area contributed by atoms with Crippen LogP contribution in [0, 0.1) is 0 Å². The molecule has 0 spiro atoms.